The van der Waals surface area contributed by atoms with Crippen LogP contribution in [0.15, 0.2) is 22.7 Å². The first-order chi connectivity index (χ1) is 9.20. The highest BCUT2D eigenvalue weighted by Crippen LogP contribution is 2.30. The first-order valence-corrected chi connectivity index (χ1v) is 7.87. The molecular formula is C14H16BrClN2O. The fourth-order valence-electron chi connectivity index (χ4n) is 2.81. The van der Waals surface area contributed by atoms with Gasteiger partial charge in [-0.1, -0.05) is 15.9 Å². The van der Waals surface area contributed by atoms with Crippen molar-refractivity contribution in [3.8, 4) is 0 Å². The molecule has 0 aliphatic carbocycles. The van der Waals surface area contributed by atoms with E-state index in [2.05, 4.69) is 38.5 Å². The lowest BCUT2D eigenvalue weighted by molar-refractivity contribution is 0.0738. The minimum Gasteiger partial charge on any atom is -0.376 e. The number of alkyl halides is 1. The molecule has 0 bridgehead atoms. The van der Waals surface area contributed by atoms with Crippen LogP contribution in [-0.4, -0.2) is 22.3 Å². The first kappa shape index (κ1) is 13.4. The van der Waals surface area contributed by atoms with Gasteiger partial charge in [-0.05, 0) is 38.0 Å². The standard InChI is InChI=1S/C14H16BrClN2O/c1-9(13-3-2-6-19-13)18-12-7-10(15)4-5-11(12)17-14(18)8-16/h4-5,7,9,13H,2-3,6,8H2,1H3. The number of halogens is 2. The van der Waals surface area contributed by atoms with E-state index in [1.54, 1.807) is 0 Å². The summed E-state index contributed by atoms with van der Waals surface area (Å²) in [6, 6.07) is 6.39. The molecule has 1 aromatic carbocycles. The van der Waals surface area contributed by atoms with E-state index in [-0.39, 0.29) is 12.1 Å². The van der Waals surface area contributed by atoms with Crippen molar-refractivity contribution < 1.29 is 4.74 Å². The van der Waals surface area contributed by atoms with Crippen molar-refractivity contribution in [3.63, 3.8) is 0 Å². The number of nitrogens with zero attached hydrogens (tertiary/aromatic N) is 2. The Morgan fingerprint density at radius 2 is 2.42 bits per heavy atom. The predicted octanol–water partition coefficient (Wildman–Crippen LogP) is 4.28. The largest absolute Gasteiger partial charge is 0.376 e. The predicted molar refractivity (Wildman–Crippen MR) is 80.7 cm³/mol. The van der Waals surface area contributed by atoms with E-state index in [9.17, 15) is 0 Å². The Kier molecular flexibility index (Phi) is 3.83. The third-order valence-electron chi connectivity index (χ3n) is 3.75. The molecule has 102 valence electrons. The van der Waals surface area contributed by atoms with Crippen molar-refractivity contribution in [1.82, 2.24) is 9.55 Å². The zero-order chi connectivity index (χ0) is 13.4. The highest BCUT2D eigenvalue weighted by molar-refractivity contribution is 9.10. The van der Waals surface area contributed by atoms with Gasteiger partial charge in [-0.2, -0.15) is 0 Å². The summed E-state index contributed by atoms with van der Waals surface area (Å²) in [6.07, 6.45) is 2.51. The van der Waals surface area contributed by atoms with Gasteiger partial charge in [-0.3, -0.25) is 0 Å². The van der Waals surface area contributed by atoms with Gasteiger partial charge in [0, 0.05) is 11.1 Å². The molecule has 5 heteroatoms. The summed E-state index contributed by atoms with van der Waals surface area (Å²) >= 11 is 9.58. The van der Waals surface area contributed by atoms with Crippen molar-refractivity contribution in [2.24, 2.45) is 0 Å². The number of imidazole rings is 1. The van der Waals surface area contributed by atoms with Crippen LogP contribution >= 0.6 is 27.5 Å². The van der Waals surface area contributed by atoms with E-state index in [0.29, 0.717) is 5.88 Å². The monoisotopic (exact) mass is 342 g/mol. The third-order valence-corrected chi connectivity index (χ3v) is 4.49. The van der Waals surface area contributed by atoms with E-state index in [1.807, 2.05) is 12.1 Å². The number of benzene rings is 1. The molecule has 1 aromatic heterocycles. The van der Waals surface area contributed by atoms with Crippen LogP contribution in [0.4, 0.5) is 0 Å². The molecule has 19 heavy (non-hydrogen) atoms. The van der Waals surface area contributed by atoms with Gasteiger partial charge in [0.25, 0.3) is 0 Å². The number of rotatable bonds is 3. The van der Waals surface area contributed by atoms with Crippen LogP contribution in [0.5, 0.6) is 0 Å². The number of ether oxygens (including phenoxy) is 1. The molecule has 2 atom stereocenters. The Labute approximate surface area is 126 Å². The Balaban J connectivity index is 2.11. The second kappa shape index (κ2) is 5.43. The van der Waals surface area contributed by atoms with Crippen LogP contribution in [0.25, 0.3) is 11.0 Å². The van der Waals surface area contributed by atoms with Crippen molar-refractivity contribution in [2.45, 2.75) is 37.8 Å². The SMILES string of the molecule is CC(C1CCCO1)n1c(CCl)nc2ccc(Br)cc21. The second-order valence-corrected chi connectivity index (χ2v) is 6.14. The summed E-state index contributed by atoms with van der Waals surface area (Å²) in [7, 11) is 0. The molecule has 0 radical (unpaired) electrons. The van der Waals surface area contributed by atoms with Gasteiger partial charge in [0.2, 0.25) is 0 Å². The van der Waals surface area contributed by atoms with E-state index in [4.69, 9.17) is 16.3 Å². The molecule has 0 amide bonds. The number of aromatic nitrogens is 2. The molecule has 0 spiro atoms. The fourth-order valence-corrected chi connectivity index (χ4v) is 3.35. The van der Waals surface area contributed by atoms with E-state index >= 15 is 0 Å². The fraction of sp³-hybridized carbons (Fsp3) is 0.500. The molecule has 3 rings (SSSR count). The van der Waals surface area contributed by atoms with E-state index in [0.717, 1.165) is 40.8 Å². The first-order valence-electron chi connectivity index (χ1n) is 6.54. The summed E-state index contributed by atoms with van der Waals surface area (Å²) < 4.78 is 9.10. The van der Waals surface area contributed by atoms with Crippen molar-refractivity contribution in [2.75, 3.05) is 6.61 Å². The van der Waals surface area contributed by atoms with Crippen molar-refractivity contribution >= 4 is 38.6 Å². The molecule has 2 unspecified atom stereocenters. The van der Waals surface area contributed by atoms with Gasteiger partial charge in [-0.25, -0.2) is 4.98 Å². The molecular weight excluding hydrogens is 328 g/mol. The van der Waals surface area contributed by atoms with Crippen LogP contribution in [0.3, 0.4) is 0 Å². The average Bonchev–Trinajstić information content (AvgIpc) is 3.04. The molecule has 1 fully saturated rings. The van der Waals surface area contributed by atoms with Crippen molar-refractivity contribution in [3.05, 3.63) is 28.5 Å². The van der Waals surface area contributed by atoms with Crippen LogP contribution in [0.1, 0.15) is 31.6 Å². The highest BCUT2D eigenvalue weighted by Gasteiger charge is 2.26. The molecule has 2 heterocycles. The maximum absolute atomic E-state index is 6.06. The number of hydrogen-bond donors (Lipinski definition) is 0. The van der Waals surface area contributed by atoms with Crippen LogP contribution in [0, 0.1) is 0 Å². The third kappa shape index (κ3) is 2.41. The minimum atomic E-state index is 0.260. The van der Waals surface area contributed by atoms with Crippen molar-refractivity contribution in [1.29, 1.82) is 0 Å². The zero-order valence-corrected chi connectivity index (χ0v) is 13.1. The zero-order valence-electron chi connectivity index (χ0n) is 10.8. The maximum Gasteiger partial charge on any atom is 0.125 e. The number of fused-ring (bicyclic) bond motifs is 1. The Bertz CT molecular complexity index is 592. The van der Waals surface area contributed by atoms with Gasteiger partial charge in [0.05, 0.1) is 29.1 Å². The summed E-state index contributed by atoms with van der Waals surface area (Å²) in [5.74, 6) is 1.33. The Morgan fingerprint density at radius 1 is 1.58 bits per heavy atom. The van der Waals surface area contributed by atoms with Crippen LogP contribution < -0.4 is 0 Å². The minimum absolute atomic E-state index is 0.260. The normalized spacial score (nSPS) is 21.1. The van der Waals surface area contributed by atoms with Gasteiger partial charge >= 0.3 is 0 Å². The molecule has 1 saturated heterocycles. The smallest absolute Gasteiger partial charge is 0.125 e. The summed E-state index contributed by atoms with van der Waals surface area (Å²) in [5, 5.41) is 0. The second-order valence-electron chi connectivity index (χ2n) is 4.96. The number of hydrogen-bond acceptors (Lipinski definition) is 2. The quantitative estimate of drug-likeness (QED) is 0.778. The lowest BCUT2D eigenvalue weighted by atomic mass is 10.1. The molecule has 0 N–H and O–H groups in total. The van der Waals surface area contributed by atoms with E-state index < -0.39 is 0 Å². The maximum atomic E-state index is 6.06. The van der Waals surface area contributed by atoms with Crippen LogP contribution in [-0.2, 0) is 10.6 Å². The lowest BCUT2D eigenvalue weighted by Crippen LogP contribution is -2.22. The topological polar surface area (TPSA) is 27.1 Å². The summed E-state index contributed by atoms with van der Waals surface area (Å²) in [6.45, 7) is 3.05. The van der Waals surface area contributed by atoms with E-state index in [1.165, 1.54) is 0 Å². The Hall–Kier alpha value is -0.580. The summed E-state index contributed by atoms with van der Waals surface area (Å²) in [5.41, 5.74) is 2.11. The lowest BCUT2D eigenvalue weighted by Gasteiger charge is -2.22. The molecule has 0 saturated carbocycles. The molecule has 1 aliphatic heterocycles. The Morgan fingerprint density at radius 3 is 3.11 bits per heavy atom. The van der Waals surface area contributed by atoms with Crippen LogP contribution in [0.2, 0.25) is 0 Å². The average molecular weight is 344 g/mol. The van der Waals surface area contributed by atoms with Gasteiger partial charge in [0.15, 0.2) is 0 Å². The molecule has 1 aliphatic rings. The summed E-state index contributed by atoms with van der Waals surface area (Å²) in [4.78, 5) is 4.62. The highest BCUT2D eigenvalue weighted by atomic mass is 79.9. The molecule has 3 nitrogen and oxygen atoms in total. The van der Waals surface area contributed by atoms with Gasteiger partial charge in [-0.15, -0.1) is 11.6 Å². The molecule has 2 aromatic rings. The van der Waals surface area contributed by atoms with Gasteiger partial charge < -0.3 is 9.30 Å². The van der Waals surface area contributed by atoms with Gasteiger partial charge in [0.1, 0.15) is 5.82 Å².